The highest BCUT2D eigenvalue weighted by Gasteiger charge is 2.13. The van der Waals surface area contributed by atoms with Crippen LogP contribution in [0.5, 0.6) is 0 Å². The van der Waals surface area contributed by atoms with Gasteiger partial charge in [0.1, 0.15) is 0 Å². The van der Waals surface area contributed by atoms with E-state index in [2.05, 4.69) is 10.6 Å². The molecule has 0 radical (unpaired) electrons. The van der Waals surface area contributed by atoms with Gasteiger partial charge in [-0.05, 0) is 28.8 Å². The van der Waals surface area contributed by atoms with Crippen molar-refractivity contribution in [2.75, 3.05) is 20.2 Å². The molecule has 1 aromatic rings. The number of rotatable bonds is 8. The van der Waals surface area contributed by atoms with Crippen molar-refractivity contribution in [1.82, 2.24) is 10.6 Å². The van der Waals surface area contributed by atoms with Crippen LogP contribution in [0.4, 0.5) is 4.79 Å². The molecule has 0 saturated carbocycles. The van der Waals surface area contributed by atoms with E-state index in [4.69, 9.17) is 9.84 Å². The third-order valence-electron chi connectivity index (χ3n) is 2.51. The van der Waals surface area contributed by atoms with Gasteiger partial charge in [-0.25, -0.2) is 4.79 Å². The maximum absolute atomic E-state index is 11.5. The fourth-order valence-electron chi connectivity index (χ4n) is 1.46. The van der Waals surface area contributed by atoms with E-state index in [-0.39, 0.29) is 19.0 Å². The van der Waals surface area contributed by atoms with Crippen LogP contribution in [-0.2, 0) is 16.0 Å². The van der Waals surface area contributed by atoms with Gasteiger partial charge in [-0.1, -0.05) is 0 Å². The van der Waals surface area contributed by atoms with Crippen molar-refractivity contribution < 1.29 is 19.4 Å². The van der Waals surface area contributed by atoms with E-state index in [1.165, 1.54) is 12.7 Å². The molecular weight excluding hydrogens is 268 g/mol. The lowest BCUT2D eigenvalue weighted by Gasteiger charge is -2.14. The third kappa shape index (κ3) is 6.78. The van der Waals surface area contributed by atoms with Gasteiger partial charge in [-0.3, -0.25) is 4.79 Å². The summed E-state index contributed by atoms with van der Waals surface area (Å²) in [6.45, 7) is 0.715. The molecule has 0 saturated heterocycles. The van der Waals surface area contributed by atoms with Gasteiger partial charge in [0, 0.05) is 20.2 Å². The van der Waals surface area contributed by atoms with Crippen molar-refractivity contribution in [2.24, 2.45) is 0 Å². The molecule has 0 aliphatic heterocycles. The van der Waals surface area contributed by atoms with Crippen molar-refractivity contribution in [3.63, 3.8) is 0 Å². The van der Waals surface area contributed by atoms with Gasteiger partial charge in [0.2, 0.25) is 0 Å². The third-order valence-corrected chi connectivity index (χ3v) is 3.24. The molecule has 0 fully saturated rings. The van der Waals surface area contributed by atoms with Crippen molar-refractivity contribution in [2.45, 2.75) is 18.9 Å². The normalized spacial score (nSPS) is 11.8. The molecule has 1 rings (SSSR count). The Kier molecular flexibility index (Phi) is 6.91. The molecule has 0 aliphatic carbocycles. The maximum Gasteiger partial charge on any atom is 0.314 e. The van der Waals surface area contributed by atoms with Gasteiger partial charge in [0.15, 0.2) is 0 Å². The van der Waals surface area contributed by atoms with E-state index in [0.717, 1.165) is 6.42 Å². The zero-order valence-electron chi connectivity index (χ0n) is 10.7. The second-order valence-electron chi connectivity index (χ2n) is 3.97. The fourth-order valence-corrected chi connectivity index (χ4v) is 2.16. The Morgan fingerprint density at radius 2 is 2.26 bits per heavy atom. The number of carbonyl (C=O) groups is 2. The first kappa shape index (κ1) is 15.5. The number of amides is 2. The number of carboxylic acids is 1. The summed E-state index contributed by atoms with van der Waals surface area (Å²) >= 11 is 1.62. The van der Waals surface area contributed by atoms with E-state index in [1.54, 1.807) is 11.3 Å². The molecule has 1 unspecified atom stereocenters. The zero-order valence-corrected chi connectivity index (χ0v) is 11.5. The minimum atomic E-state index is -0.952. The number of carboxylic acid groups (broad SMARTS) is 1. The molecule has 6 nitrogen and oxygen atoms in total. The number of urea groups is 1. The topological polar surface area (TPSA) is 87.7 Å². The lowest BCUT2D eigenvalue weighted by Crippen LogP contribution is -2.41. The average Bonchev–Trinajstić information content (AvgIpc) is 2.87. The Bertz CT molecular complexity index is 394. The predicted molar refractivity (Wildman–Crippen MR) is 72.5 cm³/mol. The van der Waals surface area contributed by atoms with E-state index in [0.29, 0.717) is 6.54 Å². The molecule has 1 aromatic heterocycles. The van der Waals surface area contributed by atoms with Crippen LogP contribution >= 0.6 is 11.3 Å². The molecule has 3 N–H and O–H groups in total. The van der Waals surface area contributed by atoms with Crippen LogP contribution in [0.2, 0.25) is 0 Å². The van der Waals surface area contributed by atoms with Gasteiger partial charge in [0.25, 0.3) is 0 Å². The number of thiophene rings is 1. The van der Waals surface area contributed by atoms with Gasteiger partial charge < -0.3 is 20.5 Å². The number of aliphatic carboxylic acids is 1. The summed E-state index contributed by atoms with van der Waals surface area (Å²) in [5.41, 5.74) is 1.19. The number of methoxy groups -OCH3 is 1. The largest absolute Gasteiger partial charge is 0.481 e. The highest BCUT2D eigenvalue weighted by Crippen LogP contribution is 2.05. The molecule has 1 heterocycles. The van der Waals surface area contributed by atoms with Crippen molar-refractivity contribution in [1.29, 1.82) is 0 Å². The first-order chi connectivity index (χ1) is 9.11. The quantitative estimate of drug-likeness (QED) is 0.667. The summed E-state index contributed by atoms with van der Waals surface area (Å²) in [4.78, 5) is 22.0. The SMILES string of the molecule is COC(CNC(=O)NCCc1ccsc1)CC(=O)O. The van der Waals surface area contributed by atoms with E-state index in [9.17, 15) is 9.59 Å². The molecule has 0 aliphatic rings. The van der Waals surface area contributed by atoms with Crippen molar-refractivity contribution in [3.8, 4) is 0 Å². The number of carbonyl (C=O) groups excluding carboxylic acids is 1. The van der Waals surface area contributed by atoms with Gasteiger partial charge in [-0.15, -0.1) is 0 Å². The summed E-state index contributed by atoms with van der Waals surface area (Å²) in [6.07, 6.45) is 0.131. The molecule has 0 spiro atoms. The van der Waals surface area contributed by atoms with Crippen molar-refractivity contribution in [3.05, 3.63) is 22.4 Å². The molecule has 106 valence electrons. The molecular formula is C12H18N2O4S. The van der Waals surface area contributed by atoms with Crippen LogP contribution in [0.3, 0.4) is 0 Å². The number of hydrogen-bond donors (Lipinski definition) is 3. The minimum Gasteiger partial charge on any atom is -0.481 e. The summed E-state index contributed by atoms with van der Waals surface area (Å²) in [5, 5.41) is 17.9. The highest BCUT2D eigenvalue weighted by atomic mass is 32.1. The molecule has 7 heteroatoms. The molecule has 1 atom stereocenters. The van der Waals surface area contributed by atoms with Crippen molar-refractivity contribution >= 4 is 23.3 Å². The van der Waals surface area contributed by atoms with Crippen LogP contribution in [-0.4, -0.2) is 43.4 Å². The second kappa shape index (κ2) is 8.49. The first-order valence-corrected chi connectivity index (χ1v) is 6.83. The smallest absolute Gasteiger partial charge is 0.314 e. The Labute approximate surface area is 115 Å². The van der Waals surface area contributed by atoms with E-state index in [1.807, 2.05) is 16.8 Å². The van der Waals surface area contributed by atoms with Crippen LogP contribution < -0.4 is 10.6 Å². The van der Waals surface area contributed by atoms with Crippen LogP contribution in [0.25, 0.3) is 0 Å². The van der Waals surface area contributed by atoms with Gasteiger partial charge in [0.05, 0.1) is 12.5 Å². The highest BCUT2D eigenvalue weighted by molar-refractivity contribution is 7.07. The first-order valence-electron chi connectivity index (χ1n) is 5.89. The summed E-state index contributed by atoms with van der Waals surface area (Å²) in [7, 11) is 1.42. The Hall–Kier alpha value is -1.60. The molecule has 0 aromatic carbocycles. The predicted octanol–water partition coefficient (Wildman–Crippen LogP) is 1.08. The van der Waals surface area contributed by atoms with Gasteiger partial charge >= 0.3 is 12.0 Å². The molecule has 2 amide bonds. The fraction of sp³-hybridized carbons (Fsp3) is 0.500. The monoisotopic (exact) mass is 286 g/mol. The Balaban J connectivity index is 2.14. The van der Waals surface area contributed by atoms with E-state index >= 15 is 0 Å². The average molecular weight is 286 g/mol. The summed E-state index contributed by atoms with van der Waals surface area (Å²) < 4.78 is 4.95. The van der Waals surface area contributed by atoms with E-state index < -0.39 is 12.1 Å². The van der Waals surface area contributed by atoms with Crippen LogP contribution in [0, 0.1) is 0 Å². The second-order valence-corrected chi connectivity index (χ2v) is 4.75. The minimum absolute atomic E-state index is 0.133. The van der Waals surface area contributed by atoms with Crippen LogP contribution in [0.1, 0.15) is 12.0 Å². The summed E-state index contributed by atoms with van der Waals surface area (Å²) in [6, 6.07) is 1.69. The number of ether oxygens (including phenoxy) is 1. The Morgan fingerprint density at radius 1 is 1.47 bits per heavy atom. The van der Waals surface area contributed by atoms with Crippen LogP contribution in [0.15, 0.2) is 16.8 Å². The zero-order chi connectivity index (χ0) is 14.1. The standard InChI is InChI=1S/C12H18N2O4S/c1-18-10(6-11(15)16)7-14-12(17)13-4-2-9-3-5-19-8-9/h3,5,8,10H,2,4,6-7H2,1H3,(H,15,16)(H2,13,14,17). The van der Waals surface area contributed by atoms with Gasteiger partial charge in [-0.2, -0.15) is 11.3 Å². The lowest BCUT2D eigenvalue weighted by atomic mass is 10.2. The maximum atomic E-state index is 11.5. The number of nitrogens with one attached hydrogen (secondary N) is 2. The molecule has 0 bridgehead atoms. The summed E-state index contributed by atoms with van der Waals surface area (Å²) in [5.74, 6) is -0.952. The Morgan fingerprint density at radius 3 is 2.84 bits per heavy atom. The lowest BCUT2D eigenvalue weighted by molar-refractivity contribution is -0.139. The number of hydrogen-bond acceptors (Lipinski definition) is 4. The molecule has 19 heavy (non-hydrogen) atoms.